The molecule has 20 heteroatoms. The molecule has 2 rings (SSSR count). The summed E-state index contributed by atoms with van der Waals surface area (Å²) in [6, 6.07) is -1.41. The summed E-state index contributed by atoms with van der Waals surface area (Å²) in [6.07, 6.45) is -16.0. The quantitative estimate of drug-likeness (QED) is 0.144. The summed E-state index contributed by atoms with van der Waals surface area (Å²) in [5.74, 6) is -4.43. The highest BCUT2D eigenvalue weighted by molar-refractivity contribution is 7.80. The Kier molecular flexibility index (Phi) is 14.5. The van der Waals surface area contributed by atoms with E-state index < -0.39 is 124 Å². The molecule has 0 radical (unpaired) electrons. The van der Waals surface area contributed by atoms with Crippen molar-refractivity contribution in [3.8, 4) is 0 Å². The van der Waals surface area contributed by atoms with Gasteiger partial charge in [0.2, 0.25) is 5.91 Å². The molecule has 294 valence electrons. The number of aliphatic hydroxyl groups excluding tert-OH is 1. The van der Waals surface area contributed by atoms with Gasteiger partial charge in [-0.25, -0.2) is 8.98 Å². The summed E-state index contributed by atoms with van der Waals surface area (Å²) >= 11 is 0. The zero-order chi connectivity index (χ0) is 39.4. The molecule has 0 bridgehead atoms. The highest BCUT2D eigenvalue weighted by atomic mass is 32.3. The van der Waals surface area contributed by atoms with E-state index >= 15 is 0 Å². The van der Waals surface area contributed by atoms with Gasteiger partial charge < -0.3 is 48.3 Å². The molecule has 0 aliphatic carbocycles. The Morgan fingerprint density at radius 1 is 0.725 bits per heavy atom. The van der Waals surface area contributed by atoms with Crippen LogP contribution in [-0.2, 0) is 76.4 Å². The molecule has 10 atom stereocenters. The van der Waals surface area contributed by atoms with Gasteiger partial charge in [-0.15, -0.1) is 0 Å². The zero-order valence-electron chi connectivity index (χ0n) is 30.8. The van der Waals surface area contributed by atoms with Crippen LogP contribution in [0.2, 0.25) is 0 Å². The van der Waals surface area contributed by atoms with Crippen molar-refractivity contribution >= 4 is 40.2 Å². The van der Waals surface area contributed by atoms with Crippen LogP contribution in [0.4, 0.5) is 0 Å². The van der Waals surface area contributed by atoms with Gasteiger partial charge in [-0.05, 0) is 62.3 Å². The SMILES string of the molecule is COC(=O)[C@H]1O[C@@H](O[C@H]2[C@H](O)[C@@H](COS(=O)(=O)O)O[C@H](OC)[C@@H]2NC(C)=O)[C@H](OC(=O)C(C)(C)C)[C@@H](OC(=O)C(C)(C)C)[C@@H]1OC(=O)C(C)(C)C. The van der Waals surface area contributed by atoms with Gasteiger partial charge in [0.05, 0.1) is 30.0 Å². The number of amides is 1. The minimum Gasteiger partial charge on any atom is -0.467 e. The smallest absolute Gasteiger partial charge is 0.397 e. The minimum absolute atomic E-state index is 0.669. The third-order valence-corrected chi connectivity index (χ3v) is 7.88. The topological polar surface area (TPSA) is 255 Å². The van der Waals surface area contributed by atoms with Gasteiger partial charge in [0, 0.05) is 14.0 Å². The van der Waals surface area contributed by atoms with Crippen LogP contribution in [0.1, 0.15) is 69.2 Å². The predicted octanol–water partition coefficient (Wildman–Crippen LogP) is 0.200. The Balaban J connectivity index is 2.84. The molecule has 2 fully saturated rings. The lowest BCUT2D eigenvalue weighted by molar-refractivity contribution is -0.342. The number of nitrogens with one attached hydrogen (secondary N) is 1. The molecule has 0 aromatic carbocycles. The summed E-state index contributed by atoms with van der Waals surface area (Å²) < 4.78 is 81.7. The minimum atomic E-state index is -5.03. The number of rotatable bonds is 11. The van der Waals surface area contributed by atoms with Crippen LogP contribution in [0, 0.1) is 16.2 Å². The summed E-state index contributed by atoms with van der Waals surface area (Å²) in [5.41, 5.74) is -3.54. The number of carbonyl (C=O) groups is 5. The van der Waals surface area contributed by atoms with E-state index in [1.54, 1.807) is 0 Å². The molecule has 3 N–H and O–H groups in total. The Bertz CT molecular complexity index is 1380. The van der Waals surface area contributed by atoms with E-state index in [1.165, 1.54) is 62.3 Å². The first-order valence-electron chi connectivity index (χ1n) is 15.9. The predicted molar refractivity (Wildman–Crippen MR) is 170 cm³/mol. The molecule has 51 heavy (non-hydrogen) atoms. The van der Waals surface area contributed by atoms with E-state index in [1.807, 2.05) is 0 Å². The Morgan fingerprint density at radius 2 is 1.20 bits per heavy atom. The van der Waals surface area contributed by atoms with Crippen molar-refractivity contribution < 1.29 is 84.1 Å². The third-order valence-electron chi connectivity index (χ3n) is 7.44. The monoisotopic (exact) mass is 757 g/mol. The van der Waals surface area contributed by atoms with E-state index in [2.05, 4.69) is 9.50 Å². The average molecular weight is 758 g/mol. The average Bonchev–Trinajstić information content (AvgIpc) is 2.97. The van der Waals surface area contributed by atoms with E-state index in [0.29, 0.717) is 0 Å². The normalized spacial score (nSPS) is 30.5. The van der Waals surface area contributed by atoms with Gasteiger partial charge in [-0.3, -0.25) is 23.7 Å². The van der Waals surface area contributed by atoms with Crippen molar-refractivity contribution in [3.63, 3.8) is 0 Å². The van der Waals surface area contributed by atoms with Gasteiger partial charge in [-0.1, -0.05) is 0 Å². The van der Waals surface area contributed by atoms with Crippen LogP contribution in [0.5, 0.6) is 0 Å². The second-order valence-electron chi connectivity index (χ2n) is 15.1. The van der Waals surface area contributed by atoms with Crippen LogP contribution in [0.3, 0.4) is 0 Å². The molecule has 2 heterocycles. The maximum Gasteiger partial charge on any atom is 0.397 e. The fourth-order valence-electron chi connectivity index (χ4n) is 4.63. The van der Waals surface area contributed by atoms with Gasteiger partial charge in [0.15, 0.2) is 37.0 Å². The zero-order valence-corrected chi connectivity index (χ0v) is 31.6. The Labute approximate surface area is 297 Å². The van der Waals surface area contributed by atoms with Crippen molar-refractivity contribution in [3.05, 3.63) is 0 Å². The van der Waals surface area contributed by atoms with Crippen LogP contribution in [0.15, 0.2) is 0 Å². The number of esters is 4. The number of methoxy groups -OCH3 is 2. The highest BCUT2D eigenvalue weighted by Gasteiger charge is 2.59. The molecule has 0 saturated carbocycles. The Morgan fingerprint density at radius 3 is 1.61 bits per heavy atom. The maximum absolute atomic E-state index is 13.4. The second kappa shape index (κ2) is 16.8. The molecule has 19 nitrogen and oxygen atoms in total. The number of hydrogen-bond acceptors (Lipinski definition) is 17. The molecule has 0 aromatic heterocycles. The van der Waals surface area contributed by atoms with Crippen LogP contribution in [-0.4, -0.2) is 130 Å². The fraction of sp³-hybridized carbons (Fsp3) is 0.839. The van der Waals surface area contributed by atoms with Crippen molar-refractivity contribution in [2.24, 2.45) is 16.2 Å². The molecule has 2 aliphatic rings. The fourth-order valence-corrected chi connectivity index (χ4v) is 4.94. The number of aliphatic hydroxyl groups is 1. The lowest BCUT2D eigenvalue weighted by Crippen LogP contribution is -2.69. The molecule has 1 amide bonds. The number of hydrogen-bond donors (Lipinski definition) is 3. The summed E-state index contributed by atoms with van der Waals surface area (Å²) in [5, 5.41) is 13.9. The van der Waals surface area contributed by atoms with Gasteiger partial charge in [-0.2, -0.15) is 8.42 Å². The first kappa shape index (κ1) is 44.2. The first-order chi connectivity index (χ1) is 23.1. The van der Waals surface area contributed by atoms with Crippen LogP contribution < -0.4 is 5.32 Å². The maximum atomic E-state index is 13.4. The van der Waals surface area contributed by atoms with E-state index in [4.69, 9.17) is 42.4 Å². The first-order valence-corrected chi connectivity index (χ1v) is 17.3. The van der Waals surface area contributed by atoms with Crippen molar-refractivity contribution in [1.82, 2.24) is 5.32 Å². The third kappa shape index (κ3) is 12.0. The van der Waals surface area contributed by atoms with E-state index in [9.17, 15) is 37.5 Å². The molecule has 0 aromatic rings. The standard InChI is InChI=1S/C31H51NO18S/c1-14(33)32-16-18(17(34)15(45-24(16)43-12)13-44-51(39,40)41)46-25-22(50-28(38)31(8,9)10)20(49-27(37)30(5,6)7)19(21(47-25)23(35)42-11)48-26(36)29(2,3)4/h15-22,24-25,34H,13H2,1-12H3,(H,32,33)(H,39,40,41)/t15-,16-,17-,18-,19+,20+,21+,22-,24+,25-/m1/s1. The molecule has 2 saturated heterocycles. The molecule has 2 aliphatic heterocycles. The van der Waals surface area contributed by atoms with Crippen molar-refractivity contribution in [1.29, 1.82) is 0 Å². The van der Waals surface area contributed by atoms with E-state index in [0.717, 1.165) is 21.1 Å². The molecular weight excluding hydrogens is 706 g/mol. The summed E-state index contributed by atoms with van der Waals surface area (Å²) in [6.45, 7) is 13.8. The van der Waals surface area contributed by atoms with Crippen molar-refractivity contribution in [2.45, 2.75) is 131 Å². The van der Waals surface area contributed by atoms with Gasteiger partial charge >= 0.3 is 34.3 Å². The summed E-state index contributed by atoms with van der Waals surface area (Å²) in [4.78, 5) is 65.7. The largest absolute Gasteiger partial charge is 0.467 e. The molecule has 0 unspecified atom stereocenters. The van der Waals surface area contributed by atoms with E-state index in [-0.39, 0.29) is 0 Å². The molecule has 0 spiro atoms. The lowest BCUT2D eigenvalue weighted by atomic mass is 9.92. The number of carbonyl (C=O) groups excluding carboxylic acids is 5. The highest BCUT2D eigenvalue weighted by Crippen LogP contribution is 2.36. The summed E-state index contributed by atoms with van der Waals surface area (Å²) in [7, 11) is -2.87. The second-order valence-corrected chi connectivity index (χ2v) is 16.2. The van der Waals surface area contributed by atoms with Crippen LogP contribution >= 0.6 is 0 Å². The van der Waals surface area contributed by atoms with Gasteiger partial charge in [0.1, 0.15) is 24.4 Å². The van der Waals surface area contributed by atoms with Crippen LogP contribution in [0.25, 0.3) is 0 Å². The lowest BCUT2D eigenvalue weighted by Gasteiger charge is -2.48. The number of ether oxygens (including phenoxy) is 8. The Hall–Kier alpha value is -2.98. The molecular formula is C31H51NO18S. The van der Waals surface area contributed by atoms with Crippen molar-refractivity contribution in [2.75, 3.05) is 20.8 Å². The van der Waals surface area contributed by atoms with Gasteiger partial charge in [0.25, 0.3) is 0 Å².